The molecule has 3 aromatic heterocycles. The second-order valence-electron chi connectivity index (χ2n) is 8.12. The number of nitrogens with zero attached hydrogens (tertiary/aromatic N) is 4. The number of benzene rings is 2. The first-order valence-corrected chi connectivity index (χ1v) is 10.7. The molecular weight excluding hydrogens is 398 g/mol. The van der Waals surface area contributed by atoms with Crippen molar-refractivity contribution in [2.24, 2.45) is 5.92 Å². The summed E-state index contributed by atoms with van der Waals surface area (Å²) < 4.78 is 1.92. The highest BCUT2D eigenvalue weighted by Crippen LogP contribution is 2.27. The summed E-state index contributed by atoms with van der Waals surface area (Å²) in [7, 11) is 0. The van der Waals surface area contributed by atoms with Crippen LogP contribution < -0.4 is 5.32 Å². The van der Waals surface area contributed by atoms with E-state index >= 15 is 0 Å². The molecule has 0 saturated carbocycles. The number of hydrogen-bond donors (Lipinski definition) is 1. The molecule has 0 fully saturated rings. The normalized spacial score (nSPS) is 12.3. The van der Waals surface area contributed by atoms with Crippen LogP contribution in [0.5, 0.6) is 0 Å². The van der Waals surface area contributed by atoms with Crippen LogP contribution in [-0.4, -0.2) is 25.5 Å². The Kier molecular flexibility index (Phi) is 5.11. The molecule has 32 heavy (non-hydrogen) atoms. The fourth-order valence-electron chi connectivity index (χ4n) is 3.94. The van der Waals surface area contributed by atoms with Gasteiger partial charge in [-0.1, -0.05) is 68.4 Å². The third kappa shape index (κ3) is 3.60. The lowest BCUT2D eigenvalue weighted by Crippen LogP contribution is -2.33. The van der Waals surface area contributed by atoms with E-state index in [1.165, 1.54) is 0 Å². The smallest absolute Gasteiger partial charge is 0.252 e. The fraction of sp³-hybridized carbons (Fsp3) is 0.154. The van der Waals surface area contributed by atoms with Gasteiger partial charge in [0, 0.05) is 17.1 Å². The van der Waals surface area contributed by atoms with Gasteiger partial charge >= 0.3 is 0 Å². The van der Waals surface area contributed by atoms with Gasteiger partial charge in [0.15, 0.2) is 11.5 Å². The standard InChI is InChI=1S/C26H23N5O/c1-17(2)24(25-30-29-23-14-8-9-15-31(23)25)28-26(32)20-16-22(18-10-4-3-5-11-18)27-21-13-7-6-12-19(20)21/h3-17,24H,1-2H3,(H,28,32)/t24-/m0/s1. The molecule has 0 unspecified atom stereocenters. The van der Waals surface area contributed by atoms with Crippen molar-refractivity contribution < 1.29 is 4.79 Å². The van der Waals surface area contributed by atoms with Gasteiger partial charge in [-0.15, -0.1) is 10.2 Å². The van der Waals surface area contributed by atoms with Crippen LogP contribution in [0, 0.1) is 5.92 Å². The van der Waals surface area contributed by atoms with Crippen molar-refractivity contribution in [1.82, 2.24) is 24.9 Å². The first kappa shape index (κ1) is 19.9. The highest BCUT2D eigenvalue weighted by atomic mass is 16.1. The number of fused-ring (bicyclic) bond motifs is 2. The summed E-state index contributed by atoms with van der Waals surface area (Å²) in [5, 5.41) is 12.7. The maximum atomic E-state index is 13.6. The van der Waals surface area contributed by atoms with E-state index in [9.17, 15) is 4.79 Å². The van der Waals surface area contributed by atoms with Crippen LogP contribution in [-0.2, 0) is 0 Å². The predicted octanol–water partition coefficient (Wildman–Crippen LogP) is 5.07. The van der Waals surface area contributed by atoms with E-state index < -0.39 is 0 Å². The molecule has 6 nitrogen and oxygen atoms in total. The number of aromatic nitrogens is 4. The van der Waals surface area contributed by atoms with Crippen LogP contribution in [0.4, 0.5) is 0 Å². The van der Waals surface area contributed by atoms with Crippen molar-refractivity contribution in [3.63, 3.8) is 0 Å². The van der Waals surface area contributed by atoms with E-state index in [4.69, 9.17) is 4.98 Å². The molecule has 6 heteroatoms. The molecule has 0 radical (unpaired) electrons. The van der Waals surface area contributed by atoms with Gasteiger partial charge < -0.3 is 5.32 Å². The lowest BCUT2D eigenvalue weighted by molar-refractivity contribution is 0.0924. The summed E-state index contributed by atoms with van der Waals surface area (Å²) in [6.07, 6.45) is 1.92. The molecule has 1 amide bonds. The predicted molar refractivity (Wildman–Crippen MR) is 125 cm³/mol. The van der Waals surface area contributed by atoms with Gasteiger partial charge in [0.05, 0.1) is 22.8 Å². The Labute approximate surface area is 186 Å². The summed E-state index contributed by atoms with van der Waals surface area (Å²) >= 11 is 0. The zero-order chi connectivity index (χ0) is 22.1. The second kappa shape index (κ2) is 8.23. The topological polar surface area (TPSA) is 72.2 Å². The number of nitrogens with one attached hydrogen (secondary N) is 1. The van der Waals surface area contributed by atoms with E-state index in [2.05, 4.69) is 29.4 Å². The summed E-state index contributed by atoms with van der Waals surface area (Å²) in [5.41, 5.74) is 3.87. The molecule has 0 aliphatic carbocycles. The maximum absolute atomic E-state index is 13.6. The first-order chi connectivity index (χ1) is 15.6. The SMILES string of the molecule is CC(C)[C@H](NC(=O)c1cc(-c2ccccc2)nc2ccccc12)c1nnc2ccccn12. The third-order valence-corrected chi connectivity index (χ3v) is 5.60. The lowest BCUT2D eigenvalue weighted by atomic mass is 10.0. The summed E-state index contributed by atoms with van der Waals surface area (Å²) in [6, 6.07) is 25.0. The van der Waals surface area contributed by atoms with Crippen LogP contribution in [0.3, 0.4) is 0 Å². The van der Waals surface area contributed by atoms with E-state index in [-0.39, 0.29) is 17.9 Å². The van der Waals surface area contributed by atoms with Gasteiger partial charge in [-0.05, 0) is 30.2 Å². The molecule has 0 saturated heterocycles. The molecular formula is C26H23N5O. The number of para-hydroxylation sites is 1. The van der Waals surface area contributed by atoms with Gasteiger partial charge in [-0.25, -0.2) is 4.98 Å². The molecule has 1 N–H and O–H groups in total. The van der Waals surface area contributed by atoms with E-state index in [0.717, 1.165) is 27.8 Å². The van der Waals surface area contributed by atoms with Crippen LogP contribution >= 0.6 is 0 Å². The minimum Gasteiger partial charge on any atom is -0.342 e. The number of carbonyl (C=O) groups excluding carboxylic acids is 1. The summed E-state index contributed by atoms with van der Waals surface area (Å²) in [6.45, 7) is 4.13. The minimum atomic E-state index is -0.299. The Morgan fingerprint density at radius 3 is 2.47 bits per heavy atom. The Morgan fingerprint density at radius 2 is 1.66 bits per heavy atom. The first-order valence-electron chi connectivity index (χ1n) is 10.7. The monoisotopic (exact) mass is 421 g/mol. The van der Waals surface area contributed by atoms with Crippen molar-refractivity contribution in [1.29, 1.82) is 0 Å². The Hall–Kier alpha value is -4.06. The van der Waals surface area contributed by atoms with E-state index in [0.29, 0.717) is 11.4 Å². The van der Waals surface area contributed by atoms with Crippen molar-refractivity contribution >= 4 is 22.5 Å². The number of amides is 1. The largest absolute Gasteiger partial charge is 0.342 e. The Bertz CT molecular complexity index is 1410. The number of rotatable bonds is 5. The molecule has 3 heterocycles. The van der Waals surface area contributed by atoms with Gasteiger partial charge in [-0.2, -0.15) is 0 Å². The van der Waals surface area contributed by atoms with E-state index in [1.54, 1.807) is 0 Å². The minimum absolute atomic E-state index is 0.119. The number of hydrogen-bond acceptors (Lipinski definition) is 4. The second-order valence-corrected chi connectivity index (χ2v) is 8.12. The average molecular weight is 422 g/mol. The Morgan fingerprint density at radius 1 is 0.906 bits per heavy atom. The van der Waals surface area contributed by atoms with Crippen LogP contribution in [0.1, 0.15) is 36.1 Å². The quantitative estimate of drug-likeness (QED) is 0.430. The molecule has 2 aromatic carbocycles. The highest BCUT2D eigenvalue weighted by Gasteiger charge is 2.25. The Balaban J connectivity index is 1.58. The molecule has 0 aliphatic heterocycles. The molecule has 5 aromatic rings. The van der Waals surface area contributed by atoms with E-state index in [1.807, 2.05) is 89.5 Å². The molecule has 158 valence electrons. The molecule has 0 spiro atoms. The molecule has 5 rings (SSSR count). The van der Waals surface area contributed by atoms with Crippen molar-refractivity contribution in [3.8, 4) is 11.3 Å². The van der Waals surface area contributed by atoms with Crippen molar-refractivity contribution in [2.45, 2.75) is 19.9 Å². The zero-order valence-corrected chi connectivity index (χ0v) is 17.9. The average Bonchev–Trinajstić information content (AvgIpc) is 3.26. The molecule has 0 bridgehead atoms. The number of carbonyl (C=O) groups is 1. The summed E-state index contributed by atoms with van der Waals surface area (Å²) in [4.78, 5) is 18.4. The lowest BCUT2D eigenvalue weighted by Gasteiger charge is -2.21. The van der Waals surface area contributed by atoms with Crippen LogP contribution in [0.15, 0.2) is 85.1 Å². The third-order valence-electron chi connectivity index (χ3n) is 5.60. The van der Waals surface area contributed by atoms with Gasteiger partial charge in [0.25, 0.3) is 5.91 Å². The highest BCUT2D eigenvalue weighted by molar-refractivity contribution is 6.07. The zero-order valence-electron chi connectivity index (χ0n) is 17.9. The van der Waals surface area contributed by atoms with Crippen LogP contribution in [0.2, 0.25) is 0 Å². The fourth-order valence-corrected chi connectivity index (χ4v) is 3.94. The van der Waals surface area contributed by atoms with Gasteiger partial charge in [-0.3, -0.25) is 9.20 Å². The van der Waals surface area contributed by atoms with Crippen LogP contribution in [0.25, 0.3) is 27.8 Å². The molecule has 0 aliphatic rings. The van der Waals surface area contributed by atoms with Crippen molar-refractivity contribution in [3.05, 3.63) is 96.4 Å². The summed E-state index contributed by atoms with van der Waals surface area (Å²) in [5.74, 6) is 0.672. The van der Waals surface area contributed by atoms with Crippen molar-refractivity contribution in [2.75, 3.05) is 0 Å². The van der Waals surface area contributed by atoms with Gasteiger partial charge in [0.2, 0.25) is 0 Å². The van der Waals surface area contributed by atoms with Gasteiger partial charge in [0.1, 0.15) is 0 Å². The maximum Gasteiger partial charge on any atom is 0.252 e. The molecule has 1 atom stereocenters. The number of pyridine rings is 2.